The standard InChI is InChI=1S/C17H29N3O3/c1-6-7-14-10-13(8-9-22-14)16(21)20(17(3,4)5)11-15-19-18-12(2)23-15/h13-14H,6-11H2,1-5H3/t13-,14+/m0/s1. The molecule has 130 valence electrons. The van der Waals surface area contributed by atoms with E-state index in [0.717, 1.165) is 25.7 Å². The maximum absolute atomic E-state index is 13.1. The van der Waals surface area contributed by atoms with E-state index in [1.54, 1.807) is 6.92 Å². The Morgan fingerprint density at radius 1 is 1.35 bits per heavy atom. The van der Waals surface area contributed by atoms with E-state index in [4.69, 9.17) is 9.15 Å². The summed E-state index contributed by atoms with van der Waals surface area (Å²) in [4.78, 5) is 14.9. The van der Waals surface area contributed by atoms with Crippen LogP contribution in [-0.2, 0) is 16.1 Å². The van der Waals surface area contributed by atoms with E-state index in [-0.39, 0.29) is 23.5 Å². The maximum Gasteiger partial charge on any atom is 0.235 e. The van der Waals surface area contributed by atoms with Gasteiger partial charge < -0.3 is 14.1 Å². The van der Waals surface area contributed by atoms with Crippen LogP contribution in [0, 0.1) is 12.8 Å². The smallest absolute Gasteiger partial charge is 0.235 e. The number of aromatic nitrogens is 2. The average molecular weight is 323 g/mol. The van der Waals surface area contributed by atoms with Gasteiger partial charge in [0.2, 0.25) is 17.7 Å². The van der Waals surface area contributed by atoms with Gasteiger partial charge in [0.15, 0.2) is 0 Å². The summed E-state index contributed by atoms with van der Waals surface area (Å²) in [5.41, 5.74) is -0.294. The van der Waals surface area contributed by atoms with E-state index < -0.39 is 0 Å². The molecule has 0 unspecified atom stereocenters. The number of hydrogen-bond donors (Lipinski definition) is 0. The molecular weight excluding hydrogens is 294 g/mol. The van der Waals surface area contributed by atoms with Crippen molar-refractivity contribution in [3.8, 4) is 0 Å². The molecule has 2 rings (SSSR count). The van der Waals surface area contributed by atoms with Gasteiger partial charge in [-0.05, 0) is 40.0 Å². The first-order valence-corrected chi connectivity index (χ1v) is 8.53. The molecule has 1 aromatic rings. The Balaban J connectivity index is 2.10. The van der Waals surface area contributed by atoms with Crippen molar-refractivity contribution >= 4 is 5.91 Å². The highest BCUT2D eigenvalue weighted by atomic mass is 16.5. The molecule has 0 saturated carbocycles. The topological polar surface area (TPSA) is 68.5 Å². The van der Waals surface area contributed by atoms with Crippen molar-refractivity contribution in [2.75, 3.05) is 6.61 Å². The largest absolute Gasteiger partial charge is 0.424 e. The summed E-state index contributed by atoms with van der Waals surface area (Å²) in [6.45, 7) is 11.0. The van der Waals surface area contributed by atoms with Crippen molar-refractivity contribution < 1.29 is 13.9 Å². The number of rotatable bonds is 5. The first kappa shape index (κ1) is 17.9. The predicted octanol–water partition coefficient (Wildman–Crippen LogP) is 3.10. The highest BCUT2D eigenvalue weighted by Crippen LogP contribution is 2.28. The molecule has 0 bridgehead atoms. The summed E-state index contributed by atoms with van der Waals surface area (Å²) in [6, 6.07) is 0. The molecule has 0 aliphatic carbocycles. The van der Waals surface area contributed by atoms with Gasteiger partial charge in [-0.2, -0.15) is 0 Å². The third-order valence-electron chi connectivity index (χ3n) is 4.26. The van der Waals surface area contributed by atoms with Gasteiger partial charge in [-0.1, -0.05) is 13.3 Å². The molecule has 2 heterocycles. The van der Waals surface area contributed by atoms with Crippen LogP contribution in [0.4, 0.5) is 0 Å². The van der Waals surface area contributed by atoms with Crippen LogP contribution in [0.15, 0.2) is 4.42 Å². The highest BCUT2D eigenvalue weighted by Gasteiger charge is 2.35. The second-order valence-electron chi connectivity index (χ2n) is 7.31. The zero-order chi connectivity index (χ0) is 17.0. The third kappa shape index (κ3) is 4.77. The van der Waals surface area contributed by atoms with Crippen LogP contribution < -0.4 is 0 Å². The van der Waals surface area contributed by atoms with Crippen molar-refractivity contribution in [2.45, 2.75) is 78.5 Å². The maximum atomic E-state index is 13.1. The first-order valence-electron chi connectivity index (χ1n) is 8.53. The Hall–Kier alpha value is -1.43. The molecule has 1 fully saturated rings. The molecule has 0 radical (unpaired) electrons. The van der Waals surface area contributed by atoms with Crippen LogP contribution in [-0.4, -0.2) is 39.3 Å². The fourth-order valence-electron chi connectivity index (χ4n) is 3.03. The second-order valence-corrected chi connectivity index (χ2v) is 7.31. The van der Waals surface area contributed by atoms with E-state index in [2.05, 4.69) is 17.1 Å². The van der Waals surface area contributed by atoms with Gasteiger partial charge in [0.1, 0.15) is 0 Å². The van der Waals surface area contributed by atoms with Gasteiger partial charge in [0.25, 0.3) is 0 Å². The Morgan fingerprint density at radius 2 is 2.09 bits per heavy atom. The van der Waals surface area contributed by atoms with E-state index in [1.807, 2.05) is 25.7 Å². The van der Waals surface area contributed by atoms with Gasteiger partial charge in [-0.3, -0.25) is 4.79 Å². The summed E-state index contributed by atoms with van der Waals surface area (Å²) in [5.74, 6) is 1.19. The van der Waals surface area contributed by atoms with E-state index in [1.165, 1.54) is 0 Å². The van der Waals surface area contributed by atoms with Gasteiger partial charge >= 0.3 is 0 Å². The minimum absolute atomic E-state index is 0.0172. The van der Waals surface area contributed by atoms with Crippen LogP contribution >= 0.6 is 0 Å². The zero-order valence-corrected chi connectivity index (χ0v) is 15.0. The number of nitrogens with zero attached hydrogens (tertiary/aromatic N) is 3. The molecule has 0 spiro atoms. The fraction of sp³-hybridized carbons (Fsp3) is 0.824. The van der Waals surface area contributed by atoms with Crippen molar-refractivity contribution in [1.29, 1.82) is 0 Å². The lowest BCUT2D eigenvalue weighted by Crippen LogP contribution is -2.49. The van der Waals surface area contributed by atoms with Gasteiger partial charge in [-0.15, -0.1) is 10.2 Å². The summed E-state index contributed by atoms with van der Waals surface area (Å²) in [7, 11) is 0. The summed E-state index contributed by atoms with van der Waals surface area (Å²) in [5, 5.41) is 7.89. The number of ether oxygens (including phenoxy) is 1. The molecule has 1 aromatic heterocycles. The normalized spacial score (nSPS) is 22.1. The number of carbonyl (C=O) groups is 1. The lowest BCUT2D eigenvalue weighted by Gasteiger charge is -2.39. The monoisotopic (exact) mass is 323 g/mol. The van der Waals surface area contributed by atoms with E-state index >= 15 is 0 Å². The lowest BCUT2D eigenvalue weighted by molar-refractivity contribution is -0.147. The molecule has 2 atom stereocenters. The number of aryl methyl sites for hydroxylation is 1. The molecule has 6 nitrogen and oxygen atoms in total. The summed E-state index contributed by atoms with van der Waals surface area (Å²) in [6.07, 6.45) is 3.89. The molecule has 1 amide bonds. The lowest BCUT2D eigenvalue weighted by atomic mass is 9.90. The minimum atomic E-state index is -0.294. The quantitative estimate of drug-likeness (QED) is 0.833. The Labute approximate surface area is 138 Å². The van der Waals surface area contributed by atoms with Crippen LogP contribution in [0.5, 0.6) is 0 Å². The van der Waals surface area contributed by atoms with Crippen LogP contribution in [0.2, 0.25) is 0 Å². The molecule has 0 aromatic carbocycles. The molecular formula is C17H29N3O3. The SMILES string of the molecule is CCC[C@@H]1C[C@@H](C(=O)N(Cc2nnc(C)o2)C(C)(C)C)CCO1. The van der Waals surface area contributed by atoms with Gasteiger partial charge in [0, 0.05) is 25.0 Å². The van der Waals surface area contributed by atoms with Crippen LogP contribution in [0.1, 0.15) is 65.2 Å². The number of hydrogen-bond acceptors (Lipinski definition) is 5. The van der Waals surface area contributed by atoms with Crippen LogP contribution in [0.3, 0.4) is 0 Å². The molecule has 6 heteroatoms. The van der Waals surface area contributed by atoms with E-state index in [9.17, 15) is 4.79 Å². The predicted molar refractivity (Wildman–Crippen MR) is 86.7 cm³/mol. The Kier molecular flexibility index (Phi) is 5.79. The van der Waals surface area contributed by atoms with Crippen molar-refractivity contribution in [1.82, 2.24) is 15.1 Å². The molecule has 23 heavy (non-hydrogen) atoms. The minimum Gasteiger partial charge on any atom is -0.424 e. The first-order chi connectivity index (χ1) is 10.8. The van der Waals surface area contributed by atoms with Crippen molar-refractivity contribution in [3.63, 3.8) is 0 Å². The van der Waals surface area contributed by atoms with Crippen LogP contribution in [0.25, 0.3) is 0 Å². The third-order valence-corrected chi connectivity index (χ3v) is 4.26. The molecule has 0 N–H and O–H groups in total. The van der Waals surface area contributed by atoms with Crippen molar-refractivity contribution in [2.24, 2.45) is 5.92 Å². The van der Waals surface area contributed by atoms with Gasteiger partial charge in [-0.25, -0.2) is 0 Å². The number of carbonyl (C=O) groups excluding carboxylic acids is 1. The van der Waals surface area contributed by atoms with Gasteiger partial charge in [0.05, 0.1) is 12.6 Å². The second kappa shape index (κ2) is 7.43. The molecule has 1 aliphatic heterocycles. The van der Waals surface area contributed by atoms with Crippen molar-refractivity contribution in [3.05, 3.63) is 11.8 Å². The summed E-state index contributed by atoms with van der Waals surface area (Å²) < 4.78 is 11.2. The fourth-order valence-corrected chi connectivity index (χ4v) is 3.03. The summed E-state index contributed by atoms with van der Waals surface area (Å²) >= 11 is 0. The Bertz CT molecular complexity index is 519. The zero-order valence-electron chi connectivity index (χ0n) is 15.0. The Morgan fingerprint density at radius 3 is 2.65 bits per heavy atom. The molecule has 1 saturated heterocycles. The average Bonchev–Trinajstić information content (AvgIpc) is 2.89. The number of amides is 1. The molecule has 1 aliphatic rings. The highest BCUT2D eigenvalue weighted by molar-refractivity contribution is 5.79. The van der Waals surface area contributed by atoms with E-state index in [0.29, 0.717) is 24.9 Å².